The predicted octanol–water partition coefficient (Wildman–Crippen LogP) is 2.89. The number of carbonyl (C=O) groups is 2. The van der Waals surface area contributed by atoms with Crippen LogP contribution in [0.25, 0.3) is 0 Å². The molecule has 0 aliphatic carbocycles. The summed E-state index contributed by atoms with van der Waals surface area (Å²) in [7, 11) is 0. The maximum atomic E-state index is 14.1. The fourth-order valence-corrected chi connectivity index (χ4v) is 6.24. The SMILES string of the molecule is C=CCN(C1OC1NCc1ccccc1)N1CC(=O)N2[C@@H](c3ccccc3)C(=O)N(Cc3ccc4c(c3)OCCO4)C[C@@H]21. The first-order valence-electron chi connectivity index (χ1n) is 14.7. The first kappa shape index (κ1) is 27.6. The van der Waals surface area contributed by atoms with Crippen LogP contribution in [0.4, 0.5) is 0 Å². The fraction of sp³-hybridized carbons (Fsp3) is 0.333. The third-order valence-electron chi connectivity index (χ3n) is 8.31. The molecule has 4 heterocycles. The second-order valence-corrected chi connectivity index (χ2v) is 11.1. The van der Waals surface area contributed by atoms with E-state index in [9.17, 15) is 9.59 Å². The lowest BCUT2D eigenvalue weighted by Gasteiger charge is -2.46. The summed E-state index contributed by atoms with van der Waals surface area (Å²) in [6.45, 7) is 7.04. The van der Waals surface area contributed by atoms with E-state index in [0.29, 0.717) is 50.9 Å². The minimum absolute atomic E-state index is 0.0883. The highest BCUT2D eigenvalue weighted by Crippen LogP contribution is 2.39. The molecule has 0 radical (unpaired) electrons. The van der Waals surface area contributed by atoms with Gasteiger partial charge in [-0.1, -0.05) is 72.8 Å². The molecule has 0 bridgehead atoms. The van der Waals surface area contributed by atoms with Crippen molar-refractivity contribution in [1.82, 2.24) is 25.1 Å². The molecule has 0 saturated carbocycles. The smallest absolute Gasteiger partial charge is 0.250 e. The van der Waals surface area contributed by atoms with Crippen LogP contribution in [0.5, 0.6) is 11.5 Å². The van der Waals surface area contributed by atoms with Crippen LogP contribution in [-0.4, -0.2) is 83.1 Å². The van der Waals surface area contributed by atoms with E-state index in [0.717, 1.165) is 11.1 Å². The Morgan fingerprint density at radius 3 is 2.44 bits per heavy atom. The molecule has 1 N–H and O–H groups in total. The fourth-order valence-electron chi connectivity index (χ4n) is 6.24. The molecule has 4 atom stereocenters. The van der Waals surface area contributed by atoms with Gasteiger partial charge in [-0.3, -0.25) is 14.9 Å². The van der Waals surface area contributed by atoms with Crippen molar-refractivity contribution >= 4 is 11.8 Å². The number of benzene rings is 3. The van der Waals surface area contributed by atoms with Crippen molar-refractivity contribution in [3.63, 3.8) is 0 Å². The Kier molecular flexibility index (Phi) is 7.58. The van der Waals surface area contributed by atoms with E-state index in [4.69, 9.17) is 14.2 Å². The molecule has 7 rings (SSSR count). The average Bonchev–Trinajstić information content (AvgIpc) is 3.75. The number of nitrogens with one attached hydrogen (secondary N) is 1. The number of amides is 2. The molecule has 3 aromatic rings. The van der Waals surface area contributed by atoms with Crippen molar-refractivity contribution in [2.45, 2.75) is 37.8 Å². The van der Waals surface area contributed by atoms with Crippen LogP contribution in [-0.2, 0) is 27.4 Å². The van der Waals surface area contributed by atoms with Gasteiger partial charge >= 0.3 is 0 Å². The molecule has 4 aliphatic heterocycles. The zero-order chi connectivity index (χ0) is 29.3. The van der Waals surface area contributed by atoms with Crippen LogP contribution in [0.1, 0.15) is 22.7 Å². The summed E-state index contributed by atoms with van der Waals surface area (Å²) in [5.41, 5.74) is 2.90. The monoisotopic (exact) mass is 581 g/mol. The van der Waals surface area contributed by atoms with Crippen molar-refractivity contribution in [2.24, 2.45) is 0 Å². The first-order chi connectivity index (χ1) is 21.1. The molecule has 0 spiro atoms. The summed E-state index contributed by atoms with van der Waals surface area (Å²) in [6, 6.07) is 24.8. The van der Waals surface area contributed by atoms with E-state index < -0.39 is 6.04 Å². The molecule has 10 nitrogen and oxygen atoms in total. The Balaban J connectivity index is 1.15. The number of hydrazine groups is 1. The molecule has 43 heavy (non-hydrogen) atoms. The van der Waals surface area contributed by atoms with E-state index in [1.165, 1.54) is 5.56 Å². The molecule has 3 aromatic carbocycles. The highest BCUT2D eigenvalue weighted by atomic mass is 16.6. The summed E-state index contributed by atoms with van der Waals surface area (Å²) in [5.74, 6) is 1.20. The highest BCUT2D eigenvalue weighted by Gasteiger charge is 2.55. The zero-order valence-electron chi connectivity index (χ0n) is 23.9. The number of hydrogen-bond acceptors (Lipinski definition) is 8. The molecule has 2 amide bonds. The maximum Gasteiger partial charge on any atom is 0.250 e. The number of ether oxygens (including phenoxy) is 3. The Hall–Kier alpha value is -4.22. The third kappa shape index (κ3) is 5.50. The number of piperazine rings is 1. The van der Waals surface area contributed by atoms with E-state index in [1.54, 1.807) is 4.90 Å². The summed E-state index contributed by atoms with van der Waals surface area (Å²) in [5, 5.41) is 7.59. The van der Waals surface area contributed by atoms with Crippen LogP contribution < -0.4 is 14.8 Å². The number of rotatable bonds is 10. The molecular weight excluding hydrogens is 546 g/mol. The molecule has 4 aliphatic rings. The molecule has 10 heteroatoms. The minimum atomic E-state index is -0.729. The molecular formula is C33H35N5O5. The normalized spacial score (nSPS) is 24.8. The Labute approximate surface area is 251 Å². The van der Waals surface area contributed by atoms with Crippen molar-refractivity contribution in [3.05, 3.63) is 108 Å². The van der Waals surface area contributed by atoms with Gasteiger partial charge in [-0.05, 0) is 28.8 Å². The second-order valence-electron chi connectivity index (χ2n) is 11.1. The van der Waals surface area contributed by atoms with Crippen molar-refractivity contribution in [1.29, 1.82) is 0 Å². The first-order valence-corrected chi connectivity index (χ1v) is 14.7. The summed E-state index contributed by atoms with van der Waals surface area (Å²) >= 11 is 0. The lowest BCUT2D eigenvalue weighted by molar-refractivity contribution is -0.162. The molecule has 222 valence electrons. The van der Waals surface area contributed by atoms with Gasteiger partial charge in [-0.2, -0.15) is 0 Å². The number of fused-ring (bicyclic) bond motifs is 2. The lowest BCUT2D eigenvalue weighted by Crippen LogP contribution is -2.62. The number of carbonyl (C=O) groups excluding carboxylic acids is 2. The lowest BCUT2D eigenvalue weighted by atomic mass is 10.00. The standard InChI is InChI=1S/C33H35N5O5/c1-2-15-36(33-31(43-33)34-19-23-9-5-3-6-10-23)37-22-29(39)38-28(37)21-35(32(40)30(38)25-11-7-4-8-12-25)20-24-13-14-26-27(18-24)42-17-16-41-26/h2-14,18,28,30-31,33-34H,1,15-17,19-22H2/t28-,30+,31?,33?/m1/s1. The Morgan fingerprint density at radius 2 is 1.67 bits per heavy atom. The van der Waals surface area contributed by atoms with E-state index in [1.807, 2.05) is 77.7 Å². The van der Waals surface area contributed by atoms with Gasteiger partial charge in [0.2, 0.25) is 5.91 Å². The molecule has 3 fully saturated rings. The summed E-state index contributed by atoms with van der Waals surface area (Å²) in [4.78, 5) is 31.4. The number of hydrogen-bond donors (Lipinski definition) is 1. The van der Waals surface area contributed by atoms with Gasteiger partial charge in [-0.25, -0.2) is 10.0 Å². The zero-order valence-corrected chi connectivity index (χ0v) is 23.9. The van der Waals surface area contributed by atoms with E-state index in [2.05, 4.69) is 34.0 Å². The maximum absolute atomic E-state index is 14.1. The molecule has 0 aromatic heterocycles. The van der Waals surface area contributed by atoms with Crippen LogP contribution >= 0.6 is 0 Å². The quantitative estimate of drug-likeness (QED) is 0.289. The van der Waals surface area contributed by atoms with Crippen LogP contribution in [0.2, 0.25) is 0 Å². The summed E-state index contributed by atoms with van der Waals surface area (Å²) in [6.07, 6.45) is 1.01. The van der Waals surface area contributed by atoms with E-state index in [-0.39, 0.29) is 37.0 Å². The summed E-state index contributed by atoms with van der Waals surface area (Å²) < 4.78 is 17.6. The van der Waals surface area contributed by atoms with Gasteiger partial charge in [0, 0.05) is 19.6 Å². The van der Waals surface area contributed by atoms with Crippen LogP contribution in [0.3, 0.4) is 0 Å². The van der Waals surface area contributed by atoms with Crippen LogP contribution in [0.15, 0.2) is 91.5 Å². The molecule has 3 saturated heterocycles. The predicted molar refractivity (Wildman–Crippen MR) is 158 cm³/mol. The molecule has 2 unspecified atom stereocenters. The Morgan fingerprint density at radius 1 is 0.930 bits per heavy atom. The van der Waals surface area contributed by atoms with Gasteiger partial charge < -0.3 is 24.0 Å². The van der Waals surface area contributed by atoms with Gasteiger partial charge in [0.15, 0.2) is 24.0 Å². The van der Waals surface area contributed by atoms with E-state index >= 15 is 0 Å². The number of epoxide rings is 1. The van der Waals surface area contributed by atoms with Crippen molar-refractivity contribution in [3.8, 4) is 11.5 Å². The number of nitrogens with zero attached hydrogens (tertiary/aromatic N) is 4. The van der Waals surface area contributed by atoms with Gasteiger partial charge in [0.05, 0.1) is 13.1 Å². The van der Waals surface area contributed by atoms with Gasteiger partial charge in [-0.15, -0.1) is 6.58 Å². The van der Waals surface area contributed by atoms with Crippen molar-refractivity contribution in [2.75, 3.05) is 32.8 Å². The van der Waals surface area contributed by atoms with Gasteiger partial charge in [0.25, 0.3) is 5.91 Å². The average molecular weight is 582 g/mol. The largest absolute Gasteiger partial charge is 0.486 e. The topological polar surface area (TPSA) is 90.1 Å². The van der Waals surface area contributed by atoms with Crippen molar-refractivity contribution < 1.29 is 23.8 Å². The van der Waals surface area contributed by atoms with Crippen LogP contribution in [0, 0.1) is 0 Å². The highest BCUT2D eigenvalue weighted by molar-refractivity contribution is 5.92. The van der Waals surface area contributed by atoms with Gasteiger partial charge in [0.1, 0.15) is 25.4 Å². The third-order valence-corrected chi connectivity index (χ3v) is 8.31. The second kappa shape index (κ2) is 11.8. The Bertz CT molecular complexity index is 1490. The minimum Gasteiger partial charge on any atom is -0.486 e.